The van der Waals surface area contributed by atoms with Crippen molar-refractivity contribution in [3.05, 3.63) is 47.7 Å². The Morgan fingerprint density at radius 1 is 1.24 bits per heavy atom. The first-order valence-electron chi connectivity index (χ1n) is 7.13. The Labute approximate surface area is 122 Å². The molecule has 0 atom stereocenters. The average molecular weight is 281 g/mol. The number of amides is 1. The van der Waals surface area contributed by atoms with E-state index in [0.29, 0.717) is 11.4 Å². The number of benzene rings is 1. The molecule has 1 saturated carbocycles. The maximum Gasteiger partial charge on any atom is 0.256 e. The van der Waals surface area contributed by atoms with Crippen molar-refractivity contribution in [2.24, 2.45) is 0 Å². The molecule has 2 heterocycles. The fourth-order valence-electron chi connectivity index (χ4n) is 2.93. The predicted molar refractivity (Wildman–Crippen MR) is 77.5 cm³/mol. The molecule has 0 unspecified atom stereocenters. The Bertz CT molecular complexity index is 696. The lowest BCUT2D eigenvalue weighted by Crippen LogP contribution is -2.21. The average Bonchev–Trinajstić information content (AvgIpc) is 3.29. The maximum absolute atomic E-state index is 12.3. The van der Waals surface area contributed by atoms with Crippen LogP contribution in [-0.4, -0.2) is 22.7 Å². The maximum atomic E-state index is 12.3. The Balaban J connectivity index is 1.63. The molecular formula is C16H15N3O2. The molecule has 2 aromatic rings. The van der Waals surface area contributed by atoms with Crippen molar-refractivity contribution in [1.29, 1.82) is 0 Å². The molecule has 0 saturated heterocycles. The molecule has 1 aromatic carbocycles. The number of ether oxygens (including phenoxy) is 1. The van der Waals surface area contributed by atoms with Gasteiger partial charge in [-0.05, 0) is 49.6 Å². The van der Waals surface area contributed by atoms with Crippen LogP contribution in [-0.2, 0) is 5.41 Å². The number of nitrogens with zero attached hydrogens (tertiary/aromatic N) is 2. The third-order valence-corrected chi connectivity index (χ3v) is 4.32. The minimum absolute atomic E-state index is 0.167. The molecule has 5 nitrogen and oxygen atoms in total. The van der Waals surface area contributed by atoms with E-state index in [9.17, 15) is 4.79 Å². The molecule has 1 N–H and O–H groups in total. The molecule has 4 rings (SSSR count). The van der Waals surface area contributed by atoms with Crippen molar-refractivity contribution in [3.63, 3.8) is 0 Å². The van der Waals surface area contributed by atoms with Gasteiger partial charge in [0.2, 0.25) is 0 Å². The molecule has 106 valence electrons. The lowest BCUT2D eigenvalue weighted by atomic mass is 9.89. The number of hydrogen-bond acceptors (Lipinski definition) is 4. The van der Waals surface area contributed by atoms with E-state index in [0.717, 1.165) is 18.8 Å². The molecule has 1 aromatic heterocycles. The highest BCUT2D eigenvalue weighted by molar-refractivity contribution is 6.04. The molecular weight excluding hydrogens is 266 g/mol. The Kier molecular flexibility index (Phi) is 2.67. The van der Waals surface area contributed by atoms with Crippen LogP contribution < -0.4 is 10.1 Å². The molecule has 1 fully saturated rings. The summed E-state index contributed by atoms with van der Waals surface area (Å²) < 4.78 is 5.70. The fourth-order valence-corrected chi connectivity index (χ4v) is 2.93. The van der Waals surface area contributed by atoms with Gasteiger partial charge in [-0.15, -0.1) is 5.10 Å². The van der Waals surface area contributed by atoms with E-state index in [1.807, 2.05) is 12.1 Å². The van der Waals surface area contributed by atoms with Gasteiger partial charge in [-0.3, -0.25) is 4.79 Å². The lowest BCUT2D eigenvalue weighted by molar-refractivity contribution is 0.102. The summed E-state index contributed by atoms with van der Waals surface area (Å²) in [4.78, 5) is 12.3. The van der Waals surface area contributed by atoms with E-state index in [-0.39, 0.29) is 11.3 Å². The SMILES string of the molecule is O=C(Nc1cccnn1)c1ccc2c(c1)C1(CCO2)CC1. The van der Waals surface area contributed by atoms with Crippen LogP contribution in [0.15, 0.2) is 36.5 Å². The molecule has 1 aliphatic heterocycles. The number of fused-ring (bicyclic) bond motifs is 2. The first-order valence-corrected chi connectivity index (χ1v) is 7.13. The van der Waals surface area contributed by atoms with E-state index in [1.165, 1.54) is 18.4 Å². The Morgan fingerprint density at radius 3 is 2.90 bits per heavy atom. The zero-order valence-corrected chi connectivity index (χ0v) is 11.5. The van der Waals surface area contributed by atoms with Gasteiger partial charge in [0, 0.05) is 22.7 Å². The van der Waals surface area contributed by atoms with Crippen molar-refractivity contribution in [3.8, 4) is 5.75 Å². The van der Waals surface area contributed by atoms with Crippen LogP contribution in [0.25, 0.3) is 0 Å². The zero-order valence-electron chi connectivity index (χ0n) is 11.5. The van der Waals surface area contributed by atoms with E-state index in [1.54, 1.807) is 24.4 Å². The van der Waals surface area contributed by atoms with Crippen molar-refractivity contribution < 1.29 is 9.53 Å². The molecule has 1 aliphatic carbocycles. The Hall–Kier alpha value is -2.43. The van der Waals surface area contributed by atoms with Gasteiger partial charge in [0.25, 0.3) is 5.91 Å². The van der Waals surface area contributed by atoms with Gasteiger partial charge < -0.3 is 10.1 Å². The first-order chi connectivity index (χ1) is 10.3. The second-order valence-electron chi connectivity index (χ2n) is 5.65. The van der Waals surface area contributed by atoms with Crippen molar-refractivity contribution >= 4 is 11.7 Å². The standard InChI is InChI=1S/C16H15N3O2/c20-15(18-14-2-1-8-17-19-14)11-3-4-13-12(10-11)16(5-6-16)7-9-21-13/h1-4,8,10H,5-7,9H2,(H,18,19,20). The highest BCUT2D eigenvalue weighted by atomic mass is 16.5. The number of carbonyl (C=O) groups is 1. The third kappa shape index (κ3) is 2.14. The third-order valence-electron chi connectivity index (χ3n) is 4.32. The van der Waals surface area contributed by atoms with Gasteiger partial charge >= 0.3 is 0 Å². The molecule has 1 spiro atoms. The summed E-state index contributed by atoms with van der Waals surface area (Å²) in [6, 6.07) is 9.12. The number of carbonyl (C=O) groups excluding carboxylic acids is 1. The minimum Gasteiger partial charge on any atom is -0.493 e. The van der Waals surface area contributed by atoms with Crippen molar-refractivity contribution in [2.75, 3.05) is 11.9 Å². The van der Waals surface area contributed by atoms with E-state index >= 15 is 0 Å². The van der Waals surface area contributed by atoms with Gasteiger partial charge in [0.1, 0.15) is 5.75 Å². The van der Waals surface area contributed by atoms with Crippen LogP contribution in [0, 0.1) is 0 Å². The number of anilines is 1. The van der Waals surface area contributed by atoms with Crippen LogP contribution in [0.5, 0.6) is 5.75 Å². The van der Waals surface area contributed by atoms with Gasteiger partial charge in [0.05, 0.1) is 6.61 Å². The van der Waals surface area contributed by atoms with E-state index in [4.69, 9.17) is 4.74 Å². The second-order valence-corrected chi connectivity index (χ2v) is 5.65. The van der Waals surface area contributed by atoms with Crippen molar-refractivity contribution in [1.82, 2.24) is 10.2 Å². The monoisotopic (exact) mass is 281 g/mol. The quantitative estimate of drug-likeness (QED) is 0.918. The van der Waals surface area contributed by atoms with Gasteiger partial charge in [-0.2, -0.15) is 5.10 Å². The number of nitrogens with one attached hydrogen (secondary N) is 1. The summed E-state index contributed by atoms with van der Waals surface area (Å²) in [6.07, 6.45) is 5.01. The van der Waals surface area contributed by atoms with Crippen LogP contribution in [0.3, 0.4) is 0 Å². The number of aromatic nitrogens is 2. The van der Waals surface area contributed by atoms with Crippen LogP contribution in [0.4, 0.5) is 5.82 Å². The summed E-state index contributed by atoms with van der Waals surface area (Å²) in [6.45, 7) is 0.776. The molecule has 5 heteroatoms. The fraction of sp³-hybridized carbons (Fsp3) is 0.312. The molecule has 2 aliphatic rings. The van der Waals surface area contributed by atoms with Gasteiger partial charge in [-0.25, -0.2) is 0 Å². The molecule has 0 bridgehead atoms. The van der Waals surface area contributed by atoms with Crippen LogP contribution >= 0.6 is 0 Å². The summed E-state index contributed by atoms with van der Waals surface area (Å²) >= 11 is 0. The summed E-state index contributed by atoms with van der Waals surface area (Å²) in [5, 5.41) is 10.4. The largest absolute Gasteiger partial charge is 0.493 e. The van der Waals surface area contributed by atoms with E-state index in [2.05, 4.69) is 15.5 Å². The lowest BCUT2D eigenvalue weighted by Gasteiger charge is -2.26. The minimum atomic E-state index is -0.167. The normalized spacial score (nSPS) is 17.7. The highest BCUT2D eigenvalue weighted by Gasteiger charge is 2.47. The number of rotatable bonds is 2. The summed E-state index contributed by atoms with van der Waals surface area (Å²) in [5.74, 6) is 1.21. The summed E-state index contributed by atoms with van der Waals surface area (Å²) in [5.41, 5.74) is 2.08. The molecule has 21 heavy (non-hydrogen) atoms. The molecule has 0 radical (unpaired) electrons. The number of hydrogen-bond donors (Lipinski definition) is 1. The predicted octanol–water partition coefficient (Wildman–Crippen LogP) is 2.54. The Morgan fingerprint density at radius 2 is 2.14 bits per heavy atom. The van der Waals surface area contributed by atoms with E-state index < -0.39 is 0 Å². The van der Waals surface area contributed by atoms with Crippen molar-refractivity contribution in [2.45, 2.75) is 24.7 Å². The second kappa shape index (κ2) is 4.55. The first kappa shape index (κ1) is 12.3. The van der Waals surface area contributed by atoms with Crippen LogP contribution in [0.1, 0.15) is 35.2 Å². The highest BCUT2D eigenvalue weighted by Crippen LogP contribution is 2.55. The van der Waals surface area contributed by atoms with Crippen LogP contribution in [0.2, 0.25) is 0 Å². The smallest absolute Gasteiger partial charge is 0.256 e. The topological polar surface area (TPSA) is 64.1 Å². The molecule has 1 amide bonds. The van der Waals surface area contributed by atoms with Gasteiger partial charge in [-0.1, -0.05) is 0 Å². The van der Waals surface area contributed by atoms with Gasteiger partial charge in [0.15, 0.2) is 5.82 Å². The summed E-state index contributed by atoms with van der Waals surface area (Å²) in [7, 11) is 0. The zero-order chi connectivity index (χ0) is 14.3.